The second kappa shape index (κ2) is 8.55. The number of alkyl halides is 3. The number of carbonyl (C=O) groups excluding carboxylic acids is 3. The molecular formula is C20H19F3N2O4S. The maximum Gasteiger partial charge on any atom is 0.406 e. The molecule has 0 atom stereocenters. The van der Waals surface area contributed by atoms with Gasteiger partial charge in [0.25, 0.3) is 0 Å². The van der Waals surface area contributed by atoms with E-state index in [-0.39, 0.29) is 35.2 Å². The predicted molar refractivity (Wildman–Crippen MR) is 105 cm³/mol. The van der Waals surface area contributed by atoms with Crippen LogP contribution in [0.15, 0.2) is 35.2 Å². The van der Waals surface area contributed by atoms with Crippen LogP contribution in [0.25, 0.3) is 0 Å². The Morgan fingerprint density at radius 2 is 1.90 bits per heavy atom. The van der Waals surface area contributed by atoms with Gasteiger partial charge in [0.2, 0.25) is 11.7 Å². The van der Waals surface area contributed by atoms with E-state index < -0.39 is 31.1 Å². The lowest BCUT2D eigenvalue weighted by molar-refractivity contribution is -0.142. The molecule has 1 aliphatic rings. The highest BCUT2D eigenvalue weighted by atomic mass is 32.2. The Balaban J connectivity index is 1.64. The lowest BCUT2D eigenvalue weighted by Gasteiger charge is -2.27. The van der Waals surface area contributed by atoms with Gasteiger partial charge in [-0.2, -0.15) is 13.2 Å². The van der Waals surface area contributed by atoms with Crippen molar-refractivity contribution in [2.45, 2.75) is 31.5 Å². The number of halogens is 3. The second-order valence-corrected chi connectivity index (χ2v) is 7.82. The number of anilines is 1. The van der Waals surface area contributed by atoms with E-state index in [1.807, 2.05) is 12.1 Å². The van der Waals surface area contributed by atoms with Crippen molar-refractivity contribution in [1.82, 2.24) is 4.57 Å². The molecule has 0 spiro atoms. The van der Waals surface area contributed by atoms with Gasteiger partial charge < -0.3 is 9.30 Å². The summed E-state index contributed by atoms with van der Waals surface area (Å²) in [6.07, 6.45) is -4.42. The molecule has 2 aromatic rings. The van der Waals surface area contributed by atoms with Gasteiger partial charge >= 0.3 is 12.1 Å². The average Bonchev–Trinajstić information content (AvgIpc) is 2.95. The summed E-state index contributed by atoms with van der Waals surface area (Å²) in [5, 5.41) is 0. The number of Topliss-reactive ketones (excluding diaryl/α,β-unsaturated/α-hetero) is 1. The summed E-state index contributed by atoms with van der Waals surface area (Å²) < 4.78 is 44.2. The van der Waals surface area contributed by atoms with Gasteiger partial charge in [-0.1, -0.05) is 12.1 Å². The van der Waals surface area contributed by atoms with E-state index in [4.69, 9.17) is 4.74 Å². The van der Waals surface area contributed by atoms with Crippen LogP contribution in [-0.4, -0.2) is 47.3 Å². The summed E-state index contributed by atoms with van der Waals surface area (Å²) in [6.45, 7) is 0.713. The number of nitrogens with zero attached hydrogens (tertiary/aromatic N) is 2. The lowest BCUT2D eigenvalue weighted by Crippen LogP contribution is -2.40. The number of ether oxygens (including phenoxy) is 1. The van der Waals surface area contributed by atoms with Gasteiger partial charge in [0, 0.05) is 21.8 Å². The minimum Gasteiger partial charge on any atom is -0.456 e. The normalized spacial score (nSPS) is 13.9. The zero-order valence-corrected chi connectivity index (χ0v) is 17.1. The first-order valence-corrected chi connectivity index (χ1v) is 10.00. The van der Waals surface area contributed by atoms with Crippen molar-refractivity contribution in [2.75, 3.05) is 23.8 Å². The number of aromatic nitrogens is 1. The third-order valence-electron chi connectivity index (χ3n) is 4.67. The van der Waals surface area contributed by atoms with E-state index in [1.54, 1.807) is 12.1 Å². The van der Waals surface area contributed by atoms with Gasteiger partial charge in [-0.05, 0) is 32.0 Å². The van der Waals surface area contributed by atoms with E-state index in [0.717, 1.165) is 9.46 Å². The second-order valence-electron chi connectivity index (χ2n) is 6.81. The van der Waals surface area contributed by atoms with Crippen LogP contribution in [0.1, 0.15) is 21.7 Å². The number of aryl methyl sites for hydroxylation is 1. The predicted octanol–water partition coefficient (Wildman–Crippen LogP) is 3.53. The van der Waals surface area contributed by atoms with Crippen molar-refractivity contribution >= 4 is 35.1 Å². The summed E-state index contributed by atoms with van der Waals surface area (Å²) in [5.41, 5.74) is 1.11. The molecule has 0 saturated carbocycles. The van der Waals surface area contributed by atoms with Gasteiger partial charge in [-0.15, -0.1) is 11.8 Å². The number of amides is 1. The molecule has 0 radical (unpaired) electrons. The monoisotopic (exact) mass is 440 g/mol. The van der Waals surface area contributed by atoms with Crippen molar-refractivity contribution in [3.63, 3.8) is 0 Å². The molecule has 0 N–H and O–H groups in total. The molecule has 0 bridgehead atoms. The topological polar surface area (TPSA) is 68.6 Å². The first kappa shape index (κ1) is 21.9. The SMILES string of the molecule is Cc1cc(C(=O)COC(=O)CN2C(=O)CSc3ccccc32)c(C)n1CC(F)(F)F. The van der Waals surface area contributed by atoms with Crippen LogP contribution in [-0.2, 0) is 20.9 Å². The number of ketones is 1. The number of hydrogen-bond acceptors (Lipinski definition) is 5. The summed E-state index contributed by atoms with van der Waals surface area (Å²) in [5.74, 6) is -1.44. The van der Waals surface area contributed by atoms with Crippen molar-refractivity contribution < 1.29 is 32.3 Å². The van der Waals surface area contributed by atoms with Gasteiger partial charge in [0.1, 0.15) is 13.1 Å². The van der Waals surface area contributed by atoms with Crippen LogP contribution in [0.4, 0.5) is 18.9 Å². The molecule has 1 aliphatic heterocycles. The fraction of sp³-hybridized carbons (Fsp3) is 0.350. The van der Waals surface area contributed by atoms with E-state index >= 15 is 0 Å². The minimum absolute atomic E-state index is 0.0698. The highest BCUT2D eigenvalue weighted by Crippen LogP contribution is 2.34. The van der Waals surface area contributed by atoms with Crippen molar-refractivity contribution in [1.29, 1.82) is 0 Å². The van der Waals surface area contributed by atoms with Crippen molar-refractivity contribution in [3.8, 4) is 0 Å². The molecule has 30 heavy (non-hydrogen) atoms. The fourth-order valence-corrected chi connectivity index (χ4v) is 4.17. The van der Waals surface area contributed by atoms with E-state index in [1.165, 1.54) is 36.6 Å². The Bertz CT molecular complexity index is 1000. The maximum absolute atomic E-state index is 12.7. The first-order chi connectivity index (χ1) is 14.1. The number of para-hydroxylation sites is 1. The summed E-state index contributed by atoms with van der Waals surface area (Å²) in [7, 11) is 0. The van der Waals surface area contributed by atoms with Crippen LogP contribution in [0.5, 0.6) is 0 Å². The third kappa shape index (κ3) is 4.86. The van der Waals surface area contributed by atoms with Crippen LogP contribution in [0.3, 0.4) is 0 Å². The molecule has 10 heteroatoms. The van der Waals surface area contributed by atoms with E-state index in [0.29, 0.717) is 5.69 Å². The standard InChI is InChI=1S/C20H19F3N2O4S/c1-12-7-14(13(2)25(12)11-20(21,22)23)16(26)9-29-19(28)8-24-15-5-3-4-6-17(15)30-10-18(24)27/h3-7H,8-11H2,1-2H3. The maximum atomic E-state index is 12.7. The van der Waals surface area contributed by atoms with E-state index in [9.17, 15) is 27.6 Å². The molecule has 3 rings (SSSR count). The number of carbonyl (C=O) groups is 3. The molecule has 0 aliphatic carbocycles. The van der Waals surface area contributed by atoms with Crippen LogP contribution in [0, 0.1) is 13.8 Å². The number of hydrogen-bond donors (Lipinski definition) is 0. The molecule has 1 amide bonds. The van der Waals surface area contributed by atoms with Crippen molar-refractivity contribution in [2.24, 2.45) is 0 Å². The molecule has 160 valence electrons. The zero-order valence-electron chi connectivity index (χ0n) is 16.3. The smallest absolute Gasteiger partial charge is 0.406 e. The fourth-order valence-electron chi connectivity index (χ4n) is 3.23. The van der Waals surface area contributed by atoms with Gasteiger partial charge in [-0.3, -0.25) is 19.3 Å². The molecule has 0 fully saturated rings. The van der Waals surface area contributed by atoms with Gasteiger partial charge in [0.15, 0.2) is 6.61 Å². The Morgan fingerprint density at radius 3 is 2.60 bits per heavy atom. The van der Waals surface area contributed by atoms with Gasteiger partial charge in [0.05, 0.1) is 11.4 Å². The van der Waals surface area contributed by atoms with Crippen LogP contribution in [0.2, 0.25) is 0 Å². The molecular weight excluding hydrogens is 421 g/mol. The first-order valence-electron chi connectivity index (χ1n) is 9.01. The number of esters is 1. The Labute approximate surface area is 175 Å². The molecule has 1 aromatic heterocycles. The lowest BCUT2D eigenvalue weighted by atomic mass is 10.1. The van der Waals surface area contributed by atoms with Crippen LogP contribution >= 0.6 is 11.8 Å². The number of fused-ring (bicyclic) bond motifs is 1. The number of thioether (sulfide) groups is 1. The average molecular weight is 440 g/mol. The molecule has 2 heterocycles. The Hall–Kier alpha value is -2.75. The Morgan fingerprint density at radius 1 is 1.20 bits per heavy atom. The highest BCUT2D eigenvalue weighted by Gasteiger charge is 2.31. The minimum atomic E-state index is -4.42. The van der Waals surface area contributed by atoms with Crippen LogP contribution < -0.4 is 4.90 Å². The summed E-state index contributed by atoms with van der Waals surface area (Å²) in [4.78, 5) is 39.0. The highest BCUT2D eigenvalue weighted by molar-refractivity contribution is 8.00. The largest absolute Gasteiger partial charge is 0.456 e. The quantitative estimate of drug-likeness (QED) is 0.508. The summed E-state index contributed by atoms with van der Waals surface area (Å²) >= 11 is 1.37. The number of rotatable bonds is 6. The van der Waals surface area contributed by atoms with Gasteiger partial charge in [-0.25, -0.2) is 0 Å². The molecule has 1 aromatic carbocycles. The van der Waals surface area contributed by atoms with Crippen molar-refractivity contribution in [3.05, 3.63) is 47.3 Å². The summed E-state index contributed by atoms with van der Waals surface area (Å²) in [6, 6.07) is 8.47. The zero-order chi connectivity index (χ0) is 22.1. The molecule has 0 unspecified atom stereocenters. The Kier molecular flexibility index (Phi) is 6.25. The molecule has 6 nitrogen and oxygen atoms in total. The molecule has 0 saturated heterocycles. The van der Waals surface area contributed by atoms with E-state index in [2.05, 4.69) is 0 Å². The number of benzene rings is 1. The third-order valence-corrected chi connectivity index (χ3v) is 5.72.